The third-order valence-corrected chi connectivity index (χ3v) is 10.8. The van der Waals surface area contributed by atoms with Crippen molar-refractivity contribution in [2.45, 2.75) is 60.2 Å². The Labute approximate surface area is 316 Å². The molecular formula is C45H45FIrN2OSi-2. The fourth-order valence-corrected chi connectivity index (χ4v) is 8.03. The molecule has 3 nitrogen and oxygen atoms in total. The van der Waals surface area contributed by atoms with Crippen LogP contribution in [0.5, 0.6) is 0 Å². The largest absolute Gasteiger partial charge is 0.501 e. The quantitative estimate of drug-likeness (QED) is 0.113. The zero-order chi connectivity index (χ0) is 35.4. The Morgan fingerprint density at radius 1 is 0.725 bits per heavy atom. The van der Waals surface area contributed by atoms with E-state index in [9.17, 15) is 4.39 Å². The zero-order valence-electron chi connectivity index (χ0n) is 30.5. The summed E-state index contributed by atoms with van der Waals surface area (Å²) in [6.45, 7) is 16.2. The number of nitrogens with zero attached hydrogens (tertiary/aromatic N) is 2. The van der Waals surface area contributed by atoms with Gasteiger partial charge in [-0.3, -0.25) is 0 Å². The number of benzene rings is 4. The van der Waals surface area contributed by atoms with Crippen LogP contribution in [0.4, 0.5) is 4.39 Å². The van der Waals surface area contributed by atoms with E-state index in [1.807, 2.05) is 48.7 Å². The van der Waals surface area contributed by atoms with Crippen molar-refractivity contribution >= 4 is 35.2 Å². The average Bonchev–Trinajstić information content (AvgIpc) is 3.46. The van der Waals surface area contributed by atoms with Crippen LogP contribution in [0.3, 0.4) is 0 Å². The SMILES string of the molecule is CC(C)Cc1cc(-c2[c-]cccc2)ncc1[Si](C)(C)C.CC(C)Cc1ccnc(-c2[c-]ccc3c2oc2cc(-c4ccc(F)cc4)ccc23)c1.[Ir]. The Morgan fingerprint density at radius 3 is 2.16 bits per heavy atom. The van der Waals surface area contributed by atoms with Crippen LogP contribution < -0.4 is 5.19 Å². The molecule has 6 heteroatoms. The number of fused-ring (bicyclic) bond motifs is 3. The van der Waals surface area contributed by atoms with Gasteiger partial charge in [0.05, 0.1) is 13.7 Å². The first-order chi connectivity index (χ1) is 24.0. The molecular weight excluding hydrogens is 824 g/mol. The summed E-state index contributed by atoms with van der Waals surface area (Å²) in [6.07, 6.45) is 6.10. The Morgan fingerprint density at radius 2 is 1.47 bits per heavy atom. The fraction of sp³-hybridized carbons (Fsp3) is 0.244. The van der Waals surface area contributed by atoms with E-state index in [4.69, 9.17) is 4.42 Å². The maximum atomic E-state index is 13.3. The van der Waals surface area contributed by atoms with E-state index in [2.05, 4.69) is 106 Å². The monoisotopic (exact) mass is 869 g/mol. The molecule has 0 unspecified atom stereocenters. The molecule has 0 amide bonds. The van der Waals surface area contributed by atoms with Gasteiger partial charge in [-0.2, -0.15) is 0 Å². The molecule has 7 rings (SSSR count). The van der Waals surface area contributed by atoms with Gasteiger partial charge in [-0.15, -0.1) is 54.1 Å². The second-order valence-corrected chi connectivity index (χ2v) is 20.0. The van der Waals surface area contributed by atoms with E-state index < -0.39 is 8.07 Å². The molecule has 0 saturated carbocycles. The van der Waals surface area contributed by atoms with Crippen molar-refractivity contribution in [2.75, 3.05) is 0 Å². The molecule has 0 N–H and O–H groups in total. The van der Waals surface area contributed by atoms with Gasteiger partial charge in [-0.05, 0) is 76.6 Å². The Bertz CT molecular complexity index is 2220. The molecule has 0 fully saturated rings. The number of aromatic nitrogens is 2. The molecule has 3 aromatic heterocycles. The fourth-order valence-electron chi connectivity index (χ4n) is 6.44. The first kappa shape index (κ1) is 38.0. The molecule has 0 saturated heterocycles. The standard InChI is InChI=1S/C27H21FNO.C18H24NSi.Ir/c1-17(2)14-18-12-13-29-25(15-18)24-5-3-4-23-22-11-8-20(16-26(22)30-27(23)24)19-6-9-21(28)10-7-19;1-14(2)11-16-12-17(15-9-7-6-8-10-15)19-13-18(16)20(3,4)5;/h3-4,6-13,15-17H,14H2,1-2H3;6-9,12-14H,11H2,1-5H3;/q2*-1;. The average molecular weight is 869 g/mol. The summed E-state index contributed by atoms with van der Waals surface area (Å²) < 4.78 is 19.6. The number of rotatable bonds is 8. The Hall–Kier alpha value is -4.22. The van der Waals surface area contributed by atoms with Gasteiger partial charge in [-0.25, -0.2) is 4.39 Å². The Kier molecular flexibility index (Phi) is 12.2. The molecule has 0 bridgehead atoms. The second kappa shape index (κ2) is 16.4. The summed E-state index contributed by atoms with van der Waals surface area (Å²) in [5.74, 6) is 1.01. The molecule has 51 heavy (non-hydrogen) atoms. The summed E-state index contributed by atoms with van der Waals surface area (Å²) in [5, 5.41) is 3.58. The Balaban J connectivity index is 0.000000211. The minimum atomic E-state index is -1.34. The van der Waals surface area contributed by atoms with Crippen molar-refractivity contribution in [2.24, 2.45) is 11.8 Å². The maximum absolute atomic E-state index is 13.3. The first-order valence-electron chi connectivity index (χ1n) is 17.5. The molecule has 7 aromatic rings. The second-order valence-electron chi connectivity index (χ2n) is 14.9. The van der Waals surface area contributed by atoms with Crippen LogP contribution in [0.2, 0.25) is 19.6 Å². The summed E-state index contributed by atoms with van der Waals surface area (Å²) in [7, 11) is -1.34. The molecule has 3 heterocycles. The van der Waals surface area contributed by atoms with Crippen molar-refractivity contribution < 1.29 is 28.9 Å². The van der Waals surface area contributed by atoms with Gasteiger partial charge < -0.3 is 14.4 Å². The van der Waals surface area contributed by atoms with E-state index >= 15 is 0 Å². The summed E-state index contributed by atoms with van der Waals surface area (Å²) in [5.41, 5.74) is 10.1. The third-order valence-electron chi connectivity index (χ3n) is 8.75. The van der Waals surface area contributed by atoms with E-state index in [1.54, 1.807) is 12.1 Å². The normalized spacial score (nSPS) is 11.5. The van der Waals surface area contributed by atoms with Crippen LogP contribution in [0.25, 0.3) is 55.6 Å². The van der Waals surface area contributed by atoms with Crippen LogP contribution in [0.1, 0.15) is 38.8 Å². The zero-order valence-corrected chi connectivity index (χ0v) is 33.9. The van der Waals surface area contributed by atoms with Gasteiger partial charge in [0.2, 0.25) is 0 Å². The van der Waals surface area contributed by atoms with Gasteiger partial charge in [0.15, 0.2) is 0 Å². The van der Waals surface area contributed by atoms with Gasteiger partial charge >= 0.3 is 0 Å². The van der Waals surface area contributed by atoms with Crippen molar-refractivity contribution in [3.63, 3.8) is 0 Å². The third kappa shape index (κ3) is 9.18. The van der Waals surface area contributed by atoms with Crippen molar-refractivity contribution in [3.05, 3.63) is 139 Å². The van der Waals surface area contributed by atoms with Gasteiger partial charge in [0.1, 0.15) is 11.4 Å². The molecule has 1 radical (unpaired) electrons. The maximum Gasteiger partial charge on any atom is 0.123 e. The van der Waals surface area contributed by atoms with Crippen molar-refractivity contribution in [1.82, 2.24) is 9.97 Å². The minimum absolute atomic E-state index is 0. The first-order valence-corrected chi connectivity index (χ1v) is 21.0. The summed E-state index contributed by atoms with van der Waals surface area (Å²) >= 11 is 0. The molecule has 0 atom stereocenters. The van der Waals surface area contributed by atoms with E-state index in [1.165, 1.54) is 28.4 Å². The topological polar surface area (TPSA) is 38.9 Å². The molecule has 0 spiro atoms. The smallest absolute Gasteiger partial charge is 0.123 e. The number of halogens is 1. The van der Waals surface area contributed by atoms with Crippen molar-refractivity contribution in [3.8, 4) is 33.6 Å². The molecule has 263 valence electrons. The molecule has 0 aliphatic heterocycles. The number of hydrogen-bond donors (Lipinski definition) is 0. The van der Waals surface area contributed by atoms with Crippen LogP contribution in [-0.4, -0.2) is 18.0 Å². The molecule has 0 aliphatic carbocycles. The predicted octanol–water partition coefficient (Wildman–Crippen LogP) is 11.7. The van der Waals surface area contributed by atoms with E-state index in [0.29, 0.717) is 11.8 Å². The van der Waals surface area contributed by atoms with Gasteiger partial charge in [0.25, 0.3) is 0 Å². The number of furan rings is 1. The van der Waals surface area contributed by atoms with Crippen LogP contribution >= 0.6 is 0 Å². The van der Waals surface area contributed by atoms with E-state index in [-0.39, 0.29) is 25.9 Å². The van der Waals surface area contributed by atoms with Crippen LogP contribution in [0.15, 0.2) is 114 Å². The summed E-state index contributed by atoms with van der Waals surface area (Å²) in [6, 6.07) is 37.7. The predicted molar refractivity (Wildman–Crippen MR) is 210 cm³/mol. The van der Waals surface area contributed by atoms with Gasteiger partial charge in [0, 0.05) is 37.9 Å². The van der Waals surface area contributed by atoms with Gasteiger partial charge in [-0.1, -0.05) is 106 Å². The van der Waals surface area contributed by atoms with Crippen molar-refractivity contribution in [1.29, 1.82) is 0 Å². The van der Waals surface area contributed by atoms with E-state index in [0.717, 1.165) is 68.4 Å². The number of pyridine rings is 2. The molecule has 4 aromatic carbocycles. The summed E-state index contributed by atoms with van der Waals surface area (Å²) in [4.78, 5) is 9.27. The minimum Gasteiger partial charge on any atom is -0.501 e. The molecule has 0 aliphatic rings. The van der Waals surface area contributed by atoms with Crippen LogP contribution in [-0.2, 0) is 32.9 Å². The van der Waals surface area contributed by atoms with Crippen LogP contribution in [0, 0.1) is 29.8 Å². The number of hydrogen-bond acceptors (Lipinski definition) is 3.